The van der Waals surface area contributed by atoms with E-state index in [0.29, 0.717) is 0 Å². The van der Waals surface area contributed by atoms with Crippen LogP contribution in [0.2, 0.25) is 0 Å². The lowest BCUT2D eigenvalue weighted by atomic mass is 9.69. The summed E-state index contributed by atoms with van der Waals surface area (Å²) in [5, 5.41) is 0. The van der Waals surface area contributed by atoms with Crippen molar-refractivity contribution in [1.29, 1.82) is 0 Å². The number of anilines is 3. The molecule has 0 aromatic heterocycles. The minimum Gasteiger partial charge on any atom is -0.310 e. The molecule has 0 saturated heterocycles. The monoisotopic (exact) mass is 1060 g/mol. The molecule has 0 saturated carbocycles. The predicted octanol–water partition coefficient (Wildman–Crippen LogP) is 23.7. The summed E-state index contributed by atoms with van der Waals surface area (Å²) in [6, 6.07) is 67.7. The van der Waals surface area contributed by atoms with Gasteiger partial charge in [-0.05, 0) is 174 Å². The van der Waals surface area contributed by atoms with Gasteiger partial charge in [0.25, 0.3) is 0 Å². The Morgan fingerprint density at radius 1 is 0.287 bits per heavy atom. The van der Waals surface area contributed by atoms with Crippen LogP contribution in [0.25, 0.3) is 33.4 Å². The molecule has 10 rings (SSSR count). The van der Waals surface area contributed by atoms with E-state index in [1.165, 1.54) is 223 Å². The Bertz CT molecular complexity index is 2960. The van der Waals surface area contributed by atoms with Crippen LogP contribution in [-0.4, -0.2) is 0 Å². The second kappa shape index (κ2) is 26.0. The van der Waals surface area contributed by atoms with Crippen molar-refractivity contribution >= 4 is 17.1 Å². The molecule has 2 aliphatic carbocycles. The largest absolute Gasteiger partial charge is 0.310 e. The average molecular weight is 1060 g/mol. The first-order valence-electron chi connectivity index (χ1n) is 31.8. The van der Waals surface area contributed by atoms with Gasteiger partial charge in [0.1, 0.15) is 0 Å². The smallest absolute Gasteiger partial charge is 0.0465 e. The van der Waals surface area contributed by atoms with Gasteiger partial charge < -0.3 is 4.90 Å². The van der Waals surface area contributed by atoms with E-state index in [4.69, 9.17) is 0 Å². The third kappa shape index (κ3) is 11.8. The maximum Gasteiger partial charge on any atom is 0.0465 e. The zero-order chi connectivity index (χ0) is 55.6. The number of nitrogens with zero attached hydrogens (tertiary/aromatic N) is 1. The predicted molar refractivity (Wildman–Crippen MR) is 347 cm³/mol. The maximum atomic E-state index is 2.71. The summed E-state index contributed by atoms with van der Waals surface area (Å²) in [4.78, 5) is 2.50. The maximum absolute atomic E-state index is 2.71. The van der Waals surface area contributed by atoms with Crippen LogP contribution in [0.4, 0.5) is 17.1 Å². The van der Waals surface area contributed by atoms with E-state index in [2.05, 4.69) is 230 Å². The molecule has 0 bridgehead atoms. The Morgan fingerprint density at radius 3 is 0.963 bits per heavy atom. The van der Waals surface area contributed by atoms with Gasteiger partial charge in [0.2, 0.25) is 0 Å². The highest BCUT2D eigenvalue weighted by molar-refractivity contribution is 5.89. The molecule has 0 spiro atoms. The summed E-state index contributed by atoms with van der Waals surface area (Å²) in [5.41, 5.74) is 27.6. The number of aryl methyl sites for hydroxylation is 4. The van der Waals surface area contributed by atoms with Crippen molar-refractivity contribution in [2.45, 2.75) is 201 Å². The highest BCUT2D eigenvalue weighted by Gasteiger charge is 2.45. The van der Waals surface area contributed by atoms with Crippen molar-refractivity contribution < 1.29 is 0 Å². The van der Waals surface area contributed by atoms with Crippen molar-refractivity contribution in [2.24, 2.45) is 0 Å². The number of hydrogen-bond donors (Lipinski definition) is 0. The van der Waals surface area contributed by atoms with Crippen LogP contribution in [0.3, 0.4) is 0 Å². The minimum absolute atomic E-state index is 0.0598. The molecule has 8 aromatic rings. The molecule has 0 amide bonds. The lowest BCUT2D eigenvalue weighted by Crippen LogP contribution is -2.26. The first-order valence-corrected chi connectivity index (χ1v) is 31.8. The van der Waals surface area contributed by atoms with Crippen LogP contribution >= 0.6 is 0 Å². The molecule has 80 heavy (non-hydrogen) atoms. The number of fused-ring (bicyclic) bond motifs is 6. The number of rotatable bonds is 27. The van der Waals surface area contributed by atoms with E-state index in [-0.39, 0.29) is 16.7 Å². The highest BCUT2D eigenvalue weighted by Crippen LogP contribution is 2.59. The quantitative estimate of drug-likeness (QED) is 0.0366. The number of unbranched alkanes of at least 4 members (excludes halogenated alkanes) is 12. The van der Waals surface area contributed by atoms with Crippen LogP contribution in [0.5, 0.6) is 0 Å². The zero-order valence-corrected chi connectivity index (χ0v) is 50.3. The SMILES string of the molecule is CCCCCCC1(CCCCCC)c2cc(-c3ccc4c(c3)C(CCCCCC)(CCCCCC)c3cc(N(c5ccc(C)cc5)c5ccc(C)cc5)ccc3-4)ccc2-c2ccc(C(c3ccc(C)cc3)c3ccc(C)cc3)cc21. The molecule has 0 unspecified atom stereocenters. The van der Waals surface area contributed by atoms with Crippen molar-refractivity contribution in [1.82, 2.24) is 0 Å². The normalized spacial score (nSPS) is 13.6. The van der Waals surface area contributed by atoms with Crippen molar-refractivity contribution in [3.05, 3.63) is 231 Å². The Morgan fingerprint density at radius 2 is 0.588 bits per heavy atom. The van der Waals surface area contributed by atoms with Crippen LogP contribution in [-0.2, 0) is 10.8 Å². The molecule has 0 fully saturated rings. The molecule has 414 valence electrons. The van der Waals surface area contributed by atoms with Crippen LogP contribution < -0.4 is 4.90 Å². The van der Waals surface area contributed by atoms with Crippen LogP contribution in [0.15, 0.2) is 170 Å². The van der Waals surface area contributed by atoms with E-state index in [0.717, 1.165) is 0 Å². The number of hydrogen-bond acceptors (Lipinski definition) is 1. The summed E-state index contributed by atoms with van der Waals surface area (Å²) in [6.07, 6.45) is 25.0. The van der Waals surface area contributed by atoms with Gasteiger partial charge in [0.15, 0.2) is 0 Å². The van der Waals surface area contributed by atoms with Crippen LogP contribution in [0, 0.1) is 27.7 Å². The Labute approximate surface area is 484 Å². The van der Waals surface area contributed by atoms with Gasteiger partial charge >= 0.3 is 0 Å². The molecule has 1 nitrogen and oxygen atoms in total. The second-order valence-electron chi connectivity index (χ2n) is 24.7. The summed E-state index contributed by atoms with van der Waals surface area (Å²) >= 11 is 0. The third-order valence-electron chi connectivity index (χ3n) is 18.9. The fourth-order valence-corrected chi connectivity index (χ4v) is 14.3. The van der Waals surface area contributed by atoms with E-state index in [9.17, 15) is 0 Å². The van der Waals surface area contributed by atoms with E-state index in [1.807, 2.05) is 0 Å². The van der Waals surface area contributed by atoms with Gasteiger partial charge in [-0.15, -0.1) is 0 Å². The Hall–Kier alpha value is -6.44. The molecule has 0 N–H and O–H groups in total. The summed E-state index contributed by atoms with van der Waals surface area (Å²) in [6.45, 7) is 18.2. The van der Waals surface area contributed by atoms with Gasteiger partial charge in [0, 0.05) is 33.8 Å². The zero-order valence-electron chi connectivity index (χ0n) is 50.3. The summed E-state index contributed by atoms with van der Waals surface area (Å²) in [5.74, 6) is 0.155. The Kier molecular flexibility index (Phi) is 18.5. The average Bonchev–Trinajstić information content (AvgIpc) is 4.12. The molecule has 0 radical (unpaired) electrons. The van der Waals surface area contributed by atoms with E-state index >= 15 is 0 Å². The molecule has 0 atom stereocenters. The van der Waals surface area contributed by atoms with Gasteiger partial charge in [-0.3, -0.25) is 0 Å². The first kappa shape index (κ1) is 56.8. The second-order valence-corrected chi connectivity index (χ2v) is 24.7. The van der Waals surface area contributed by atoms with Crippen LogP contribution in [0.1, 0.15) is 223 Å². The molecule has 8 aromatic carbocycles. The molecule has 1 heteroatoms. The topological polar surface area (TPSA) is 3.24 Å². The van der Waals surface area contributed by atoms with E-state index < -0.39 is 0 Å². The third-order valence-corrected chi connectivity index (χ3v) is 18.9. The van der Waals surface area contributed by atoms with Crippen molar-refractivity contribution in [2.75, 3.05) is 4.90 Å². The fourth-order valence-electron chi connectivity index (χ4n) is 14.3. The van der Waals surface area contributed by atoms with Gasteiger partial charge in [-0.25, -0.2) is 0 Å². The van der Waals surface area contributed by atoms with Crippen molar-refractivity contribution in [3.8, 4) is 33.4 Å². The Balaban J connectivity index is 1.12. The first-order chi connectivity index (χ1) is 39.1. The molecule has 0 aliphatic heterocycles. The minimum atomic E-state index is -0.0818. The molecule has 0 heterocycles. The van der Waals surface area contributed by atoms with Crippen molar-refractivity contribution in [3.63, 3.8) is 0 Å². The summed E-state index contributed by atoms with van der Waals surface area (Å²) in [7, 11) is 0. The molecular weight excluding hydrogens is 963 g/mol. The standard InChI is InChI=1S/C79H93N/c1-9-13-17-21-49-78(50-22-18-14-10-2)73-53-63(37-45-69(73)71-47-39-65(55-75(71)78)77(61-33-25-57(5)26-34-61)62-35-27-58(6)28-36-62)64-38-46-70-72-48-44-68(80(66-40-29-59(7)30-41-66)67-42-31-60(8)32-43-67)56-76(72)79(74(70)54-64,51-23-19-15-11-3)52-24-20-16-12-4/h25-48,53-56,77H,9-24,49-52H2,1-8H3. The van der Waals surface area contributed by atoms with Gasteiger partial charge in [-0.2, -0.15) is 0 Å². The molecular formula is C79H93N. The van der Waals surface area contributed by atoms with Gasteiger partial charge in [-0.1, -0.05) is 274 Å². The number of benzene rings is 8. The highest BCUT2D eigenvalue weighted by atomic mass is 15.1. The molecule has 2 aliphatic rings. The van der Waals surface area contributed by atoms with E-state index in [1.54, 1.807) is 16.7 Å². The lowest BCUT2D eigenvalue weighted by Gasteiger charge is -2.35. The fraction of sp³-hybridized carbons (Fsp3) is 0.392. The summed E-state index contributed by atoms with van der Waals surface area (Å²) < 4.78 is 0. The van der Waals surface area contributed by atoms with Gasteiger partial charge in [0.05, 0.1) is 0 Å². The lowest BCUT2D eigenvalue weighted by molar-refractivity contribution is 0.400.